The summed E-state index contributed by atoms with van der Waals surface area (Å²) in [6.45, 7) is 6.15. The SMILES string of the molecule is CCN1CCN(C(=O)CCNS(=O)(=O)c2ccc(F)cc2)CC1. The molecule has 2 rings (SSSR count). The normalized spacial score (nSPS) is 16.5. The summed E-state index contributed by atoms with van der Waals surface area (Å²) in [5.41, 5.74) is 0. The van der Waals surface area contributed by atoms with E-state index in [0.29, 0.717) is 13.1 Å². The molecule has 1 fully saturated rings. The Morgan fingerprint density at radius 3 is 2.35 bits per heavy atom. The number of sulfonamides is 1. The summed E-state index contributed by atoms with van der Waals surface area (Å²) < 4.78 is 39.2. The molecule has 128 valence electrons. The van der Waals surface area contributed by atoms with Gasteiger partial charge in [-0.2, -0.15) is 0 Å². The highest BCUT2D eigenvalue weighted by Crippen LogP contribution is 2.09. The number of hydrogen-bond donors (Lipinski definition) is 1. The van der Waals surface area contributed by atoms with E-state index in [9.17, 15) is 17.6 Å². The van der Waals surface area contributed by atoms with Crippen LogP contribution in [0.25, 0.3) is 0 Å². The molecule has 6 nitrogen and oxygen atoms in total. The number of likely N-dealkylation sites (N-methyl/N-ethyl adjacent to an activating group) is 1. The second-order valence-electron chi connectivity index (χ2n) is 5.42. The van der Waals surface area contributed by atoms with Crippen molar-refractivity contribution in [1.82, 2.24) is 14.5 Å². The van der Waals surface area contributed by atoms with Crippen molar-refractivity contribution in [2.45, 2.75) is 18.2 Å². The molecule has 0 radical (unpaired) electrons. The molecular formula is C15H22FN3O3S. The molecule has 0 atom stereocenters. The lowest BCUT2D eigenvalue weighted by Crippen LogP contribution is -2.49. The number of benzene rings is 1. The minimum atomic E-state index is -3.71. The molecule has 1 amide bonds. The smallest absolute Gasteiger partial charge is 0.240 e. The fourth-order valence-corrected chi connectivity index (χ4v) is 3.49. The average molecular weight is 343 g/mol. The molecule has 0 aliphatic carbocycles. The molecule has 1 N–H and O–H groups in total. The number of hydrogen-bond acceptors (Lipinski definition) is 4. The monoisotopic (exact) mass is 343 g/mol. The molecule has 8 heteroatoms. The van der Waals surface area contributed by atoms with E-state index in [4.69, 9.17) is 0 Å². The number of piperazine rings is 1. The maximum absolute atomic E-state index is 12.8. The van der Waals surface area contributed by atoms with Crippen molar-refractivity contribution in [1.29, 1.82) is 0 Å². The van der Waals surface area contributed by atoms with Crippen molar-refractivity contribution >= 4 is 15.9 Å². The molecule has 23 heavy (non-hydrogen) atoms. The zero-order chi connectivity index (χ0) is 16.9. The first kappa shape index (κ1) is 17.8. The van der Waals surface area contributed by atoms with Gasteiger partial charge >= 0.3 is 0 Å². The van der Waals surface area contributed by atoms with Crippen LogP contribution in [0.4, 0.5) is 4.39 Å². The molecule has 0 bridgehead atoms. The van der Waals surface area contributed by atoms with E-state index in [2.05, 4.69) is 16.5 Å². The van der Waals surface area contributed by atoms with Crippen LogP contribution in [-0.4, -0.2) is 63.4 Å². The van der Waals surface area contributed by atoms with Crippen LogP contribution in [0.15, 0.2) is 29.2 Å². The van der Waals surface area contributed by atoms with Crippen molar-refractivity contribution < 1.29 is 17.6 Å². The lowest BCUT2D eigenvalue weighted by molar-refractivity contribution is -0.132. The molecule has 1 aromatic rings. The molecule has 1 saturated heterocycles. The molecule has 1 aliphatic heterocycles. The molecule has 1 aromatic carbocycles. The summed E-state index contributed by atoms with van der Waals surface area (Å²) in [5.74, 6) is -0.548. The Kier molecular flexibility index (Phi) is 6.09. The number of carbonyl (C=O) groups is 1. The van der Waals surface area contributed by atoms with E-state index >= 15 is 0 Å². The van der Waals surface area contributed by atoms with Gasteiger partial charge in [0.25, 0.3) is 0 Å². The summed E-state index contributed by atoms with van der Waals surface area (Å²) in [5, 5.41) is 0. The fraction of sp³-hybridized carbons (Fsp3) is 0.533. The third-order valence-electron chi connectivity index (χ3n) is 3.93. The van der Waals surface area contributed by atoms with Crippen LogP contribution in [0.2, 0.25) is 0 Å². The molecule has 0 aromatic heterocycles. The van der Waals surface area contributed by atoms with Crippen LogP contribution in [0.1, 0.15) is 13.3 Å². The molecule has 0 unspecified atom stereocenters. The Labute approximate surface area is 136 Å². The van der Waals surface area contributed by atoms with Gasteiger partial charge in [0.15, 0.2) is 0 Å². The van der Waals surface area contributed by atoms with Crippen LogP contribution in [-0.2, 0) is 14.8 Å². The van der Waals surface area contributed by atoms with E-state index in [1.807, 2.05) is 0 Å². The quantitative estimate of drug-likeness (QED) is 0.824. The molecule has 0 spiro atoms. The molecule has 1 aliphatic rings. The number of nitrogens with zero attached hydrogens (tertiary/aromatic N) is 2. The zero-order valence-corrected chi connectivity index (χ0v) is 14.0. The highest BCUT2D eigenvalue weighted by atomic mass is 32.2. The standard InChI is InChI=1S/C15H22FN3O3S/c1-2-18-9-11-19(12-10-18)15(20)7-8-17-23(21,22)14-5-3-13(16)4-6-14/h3-6,17H,2,7-12H2,1H3. The number of amides is 1. The maximum atomic E-state index is 12.8. The minimum absolute atomic E-state index is 0.0112. The highest BCUT2D eigenvalue weighted by molar-refractivity contribution is 7.89. The molecule has 1 heterocycles. The van der Waals surface area contributed by atoms with E-state index in [1.165, 1.54) is 12.1 Å². The largest absolute Gasteiger partial charge is 0.340 e. The Hall–Kier alpha value is -1.51. The third kappa shape index (κ3) is 4.98. The summed E-state index contributed by atoms with van der Waals surface area (Å²) in [4.78, 5) is 16.1. The lowest BCUT2D eigenvalue weighted by Gasteiger charge is -2.34. The second-order valence-corrected chi connectivity index (χ2v) is 7.18. The van der Waals surface area contributed by atoms with Crippen LogP contribution in [0.5, 0.6) is 0 Å². The molecule has 0 saturated carbocycles. The van der Waals surface area contributed by atoms with Gasteiger partial charge in [-0.1, -0.05) is 6.92 Å². The van der Waals surface area contributed by atoms with E-state index in [1.54, 1.807) is 4.90 Å². The Morgan fingerprint density at radius 1 is 1.17 bits per heavy atom. The van der Waals surface area contributed by atoms with Gasteiger partial charge in [0, 0.05) is 39.1 Å². The van der Waals surface area contributed by atoms with Crippen molar-refractivity contribution in [3.8, 4) is 0 Å². The van der Waals surface area contributed by atoms with Gasteiger partial charge in [-0.15, -0.1) is 0 Å². The van der Waals surface area contributed by atoms with Crippen molar-refractivity contribution in [2.75, 3.05) is 39.3 Å². The first-order valence-electron chi connectivity index (χ1n) is 7.68. The number of nitrogens with one attached hydrogen (secondary N) is 1. The number of rotatable bonds is 6. The molecular weight excluding hydrogens is 321 g/mol. The summed E-state index contributed by atoms with van der Waals surface area (Å²) in [6, 6.07) is 4.58. The number of halogens is 1. The Morgan fingerprint density at radius 2 is 1.78 bits per heavy atom. The first-order valence-corrected chi connectivity index (χ1v) is 9.16. The van der Waals surface area contributed by atoms with Crippen LogP contribution in [0.3, 0.4) is 0 Å². The topological polar surface area (TPSA) is 69.7 Å². The Balaban J connectivity index is 1.80. The van der Waals surface area contributed by atoms with Gasteiger partial charge < -0.3 is 9.80 Å². The summed E-state index contributed by atoms with van der Waals surface area (Å²) in [7, 11) is -3.71. The number of carbonyl (C=O) groups excluding carboxylic acids is 1. The predicted octanol–water partition coefficient (Wildman–Crippen LogP) is 0.658. The summed E-state index contributed by atoms with van der Waals surface area (Å²) >= 11 is 0. The highest BCUT2D eigenvalue weighted by Gasteiger charge is 2.20. The van der Waals surface area contributed by atoms with Gasteiger partial charge in [0.2, 0.25) is 15.9 Å². The lowest BCUT2D eigenvalue weighted by atomic mass is 10.3. The predicted molar refractivity (Wildman–Crippen MR) is 84.9 cm³/mol. The van der Waals surface area contributed by atoms with E-state index < -0.39 is 15.8 Å². The fourth-order valence-electron chi connectivity index (χ4n) is 2.46. The van der Waals surface area contributed by atoms with Gasteiger partial charge in [-0.05, 0) is 30.8 Å². The Bertz CT molecular complexity index is 626. The average Bonchev–Trinajstić information content (AvgIpc) is 2.55. The van der Waals surface area contributed by atoms with Gasteiger partial charge in [-0.25, -0.2) is 17.5 Å². The van der Waals surface area contributed by atoms with Crippen molar-refractivity contribution in [2.24, 2.45) is 0 Å². The van der Waals surface area contributed by atoms with Crippen molar-refractivity contribution in [3.63, 3.8) is 0 Å². The zero-order valence-electron chi connectivity index (χ0n) is 13.2. The maximum Gasteiger partial charge on any atom is 0.240 e. The second kappa shape index (κ2) is 7.85. The van der Waals surface area contributed by atoms with Gasteiger partial charge in [0.05, 0.1) is 4.90 Å². The first-order chi connectivity index (χ1) is 10.9. The van der Waals surface area contributed by atoms with Crippen LogP contribution >= 0.6 is 0 Å². The van der Waals surface area contributed by atoms with Gasteiger partial charge in [-0.3, -0.25) is 4.79 Å². The van der Waals surface area contributed by atoms with Crippen LogP contribution in [0, 0.1) is 5.82 Å². The third-order valence-corrected chi connectivity index (χ3v) is 5.40. The summed E-state index contributed by atoms with van der Waals surface area (Å²) in [6.07, 6.45) is 0.118. The van der Waals surface area contributed by atoms with E-state index in [-0.39, 0.29) is 23.8 Å². The van der Waals surface area contributed by atoms with Gasteiger partial charge in [0.1, 0.15) is 5.82 Å². The van der Waals surface area contributed by atoms with E-state index in [0.717, 1.165) is 31.8 Å². The van der Waals surface area contributed by atoms with Crippen LogP contribution < -0.4 is 4.72 Å². The minimum Gasteiger partial charge on any atom is -0.340 e. The van der Waals surface area contributed by atoms with Crippen molar-refractivity contribution in [3.05, 3.63) is 30.1 Å².